The van der Waals surface area contributed by atoms with Crippen LogP contribution >= 0.6 is 0 Å². The topological polar surface area (TPSA) is 71.1 Å². The van der Waals surface area contributed by atoms with Crippen molar-refractivity contribution in [3.05, 3.63) is 23.8 Å². The minimum atomic E-state index is -1.61. The first-order valence-corrected chi connectivity index (χ1v) is 7.97. The van der Waals surface area contributed by atoms with Crippen LogP contribution in [0.2, 0.25) is 0 Å². The molecule has 0 heterocycles. The van der Waals surface area contributed by atoms with Crippen LogP contribution in [0, 0.1) is 17.8 Å². The van der Waals surface area contributed by atoms with Gasteiger partial charge >= 0.3 is 11.9 Å². The molecule has 6 nitrogen and oxygen atoms in total. The van der Waals surface area contributed by atoms with Crippen LogP contribution < -0.4 is 9.47 Å². The predicted molar refractivity (Wildman–Crippen MR) is 92.4 cm³/mol. The molecule has 0 spiro atoms. The Hall–Kier alpha value is -2.68. The third kappa shape index (κ3) is 4.90. The first kappa shape index (κ1) is 20.4. The molecule has 1 aromatic carbocycles. The highest BCUT2D eigenvalue weighted by molar-refractivity contribution is 6.00. The molecule has 0 atom stereocenters. The number of carbonyl (C=O) groups excluding carboxylic acids is 2. The summed E-state index contributed by atoms with van der Waals surface area (Å²) in [4.78, 5) is 25.2. The highest BCUT2D eigenvalue weighted by Crippen LogP contribution is 2.34. The van der Waals surface area contributed by atoms with Crippen LogP contribution in [0.4, 0.5) is 0 Å². The Morgan fingerprint density at radius 1 is 1.00 bits per heavy atom. The summed E-state index contributed by atoms with van der Waals surface area (Å²) in [6, 6.07) is 5.12. The average Bonchev–Trinajstić information content (AvgIpc) is 2.61. The van der Waals surface area contributed by atoms with Gasteiger partial charge in [-0.3, -0.25) is 9.59 Å². The van der Waals surface area contributed by atoms with E-state index in [1.165, 1.54) is 14.2 Å². The summed E-state index contributed by atoms with van der Waals surface area (Å²) < 4.78 is 20.7. The monoisotopic (exact) mass is 348 g/mol. The van der Waals surface area contributed by atoms with Gasteiger partial charge < -0.3 is 18.9 Å². The van der Waals surface area contributed by atoms with Gasteiger partial charge in [0.2, 0.25) is 0 Å². The van der Waals surface area contributed by atoms with Crippen molar-refractivity contribution in [1.82, 2.24) is 0 Å². The summed E-state index contributed by atoms with van der Waals surface area (Å²) in [6.45, 7) is 3.59. The van der Waals surface area contributed by atoms with Crippen molar-refractivity contribution < 1.29 is 28.5 Å². The summed E-state index contributed by atoms with van der Waals surface area (Å²) in [7, 11) is 3.04. The minimum Gasteiger partial charge on any atom is -0.497 e. The fourth-order valence-electron chi connectivity index (χ4n) is 2.46. The van der Waals surface area contributed by atoms with E-state index in [0.717, 1.165) is 0 Å². The van der Waals surface area contributed by atoms with Crippen molar-refractivity contribution in [1.29, 1.82) is 0 Å². The van der Waals surface area contributed by atoms with Crippen molar-refractivity contribution >= 4 is 11.9 Å². The smallest absolute Gasteiger partial charge is 0.324 e. The molecule has 0 saturated carbocycles. The van der Waals surface area contributed by atoms with Gasteiger partial charge in [0.25, 0.3) is 0 Å². The number of carbonyl (C=O) groups is 2. The molecule has 0 saturated heterocycles. The second kappa shape index (κ2) is 9.58. The summed E-state index contributed by atoms with van der Waals surface area (Å²) in [5.74, 6) is 2.08. The second-order valence-corrected chi connectivity index (χ2v) is 5.30. The van der Waals surface area contributed by atoms with E-state index in [1.807, 2.05) is 0 Å². The third-order valence-electron chi connectivity index (χ3n) is 3.65. The zero-order chi connectivity index (χ0) is 18.9. The molecule has 0 bridgehead atoms. The molecule has 0 radical (unpaired) electrons. The van der Waals surface area contributed by atoms with Gasteiger partial charge in [0.1, 0.15) is 11.5 Å². The molecule has 1 rings (SSSR count). The fourth-order valence-corrected chi connectivity index (χ4v) is 2.46. The lowest BCUT2D eigenvalue weighted by Crippen LogP contribution is -2.43. The van der Waals surface area contributed by atoms with Crippen molar-refractivity contribution in [2.24, 2.45) is 5.41 Å². The van der Waals surface area contributed by atoms with E-state index in [2.05, 4.69) is 5.92 Å². The fraction of sp³-hybridized carbons (Fsp3) is 0.474. The molecule has 0 N–H and O–H groups in total. The van der Waals surface area contributed by atoms with Crippen molar-refractivity contribution in [3.63, 3.8) is 0 Å². The summed E-state index contributed by atoms with van der Waals surface area (Å²) in [5, 5.41) is 0. The third-order valence-corrected chi connectivity index (χ3v) is 3.65. The van der Waals surface area contributed by atoms with Crippen LogP contribution in [-0.4, -0.2) is 39.4 Å². The van der Waals surface area contributed by atoms with Gasteiger partial charge in [-0.1, -0.05) is 0 Å². The van der Waals surface area contributed by atoms with Gasteiger partial charge in [-0.15, -0.1) is 12.3 Å². The molecule has 0 unspecified atom stereocenters. The Morgan fingerprint density at radius 2 is 1.48 bits per heavy atom. The molecule has 0 aliphatic carbocycles. The Bertz CT molecular complexity index is 604. The SMILES string of the molecule is C#CCC(Cc1cc(OC)cc(OC)c1)(C(=O)OCC)C(=O)OCC. The maximum Gasteiger partial charge on any atom is 0.324 e. The van der Waals surface area contributed by atoms with Gasteiger partial charge in [0.05, 0.1) is 27.4 Å². The number of hydrogen-bond donors (Lipinski definition) is 0. The number of esters is 2. The van der Waals surface area contributed by atoms with E-state index in [0.29, 0.717) is 17.1 Å². The molecule has 6 heteroatoms. The molecule has 0 aliphatic heterocycles. The Kier molecular flexibility index (Phi) is 7.80. The number of rotatable bonds is 9. The van der Waals surface area contributed by atoms with E-state index in [1.54, 1.807) is 32.0 Å². The van der Waals surface area contributed by atoms with Gasteiger partial charge in [0.15, 0.2) is 5.41 Å². The predicted octanol–water partition coefficient (Wildman–Crippen LogP) is 2.38. The lowest BCUT2D eigenvalue weighted by atomic mass is 9.78. The maximum atomic E-state index is 12.6. The van der Waals surface area contributed by atoms with E-state index >= 15 is 0 Å². The molecule has 136 valence electrons. The minimum absolute atomic E-state index is 0.0163. The maximum absolute atomic E-state index is 12.6. The van der Waals surface area contributed by atoms with Crippen molar-refractivity contribution in [2.75, 3.05) is 27.4 Å². The molecule has 25 heavy (non-hydrogen) atoms. The zero-order valence-electron chi connectivity index (χ0n) is 15.1. The van der Waals surface area contributed by atoms with E-state index < -0.39 is 17.4 Å². The van der Waals surface area contributed by atoms with E-state index in [-0.39, 0.29) is 26.1 Å². The van der Waals surface area contributed by atoms with Crippen LogP contribution in [-0.2, 0) is 25.5 Å². The van der Waals surface area contributed by atoms with Crippen molar-refractivity contribution in [2.45, 2.75) is 26.7 Å². The van der Waals surface area contributed by atoms with Crippen LogP contribution in [0.25, 0.3) is 0 Å². The highest BCUT2D eigenvalue weighted by Gasteiger charge is 2.48. The standard InChI is InChI=1S/C19H24O6/c1-6-9-19(17(20)24-7-2,18(21)25-8-3)13-14-10-15(22-4)12-16(11-14)23-5/h1,10-12H,7-9,13H2,2-5H3. The normalized spacial score (nSPS) is 10.5. The van der Waals surface area contributed by atoms with Crippen molar-refractivity contribution in [3.8, 4) is 23.8 Å². The summed E-state index contributed by atoms with van der Waals surface area (Å²) in [5.41, 5.74) is -0.967. The van der Waals surface area contributed by atoms with Gasteiger partial charge in [-0.25, -0.2) is 0 Å². The number of methoxy groups -OCH3 is 2. The molecule has 0 aromatic heterocycles. The number of benzene rings is 1. The highest BCUT2D eigenvalue weighted by atomic mass is 16.6. The largest absolute Gasteiger partial charge is 0.497 e. The lowest BCUT2D eigenvalue weighted by molar-refractivity contribution is -0.171. The van der Waals surface area contributed by atoms with Crippen LogP contribution in [0.5, 0.6) is 11.5 Å². The van der Waals surface area contributed by atoms with Crippen LogP contribution in [0.1, 0.15) is 25.8 Å². The van der Waals surface area contributed by atoms with Gasteiger partial charge in [-0.2, -0.15) is 0 Å². The van der Waals surface area contributed by atoms with E-state index in [9.17, 15) is 9.59 Å². The number of ether oxygens (including phenoxy) is 4. The zero-order valence-corrected chi connectivity index (χ0v) is 15.1. The molecular weight excluding hydrogens is 324 g/mol. The van der Waals surface area contributed by atoms with Gasteiger partial charge in [-0.05, 0) is 31.5 Å². The molecule has 1 aromatic rings. The molecule has 0 amide bonds. The quantitative estimate of drug-likeness (QED) is 0.388. The van der Waals surface area contributed by atoms with Gasteiger partial charge in [0, 0.05) is 18.9 Å². The number of hydrogen-bond acceptors (Lipinski definition) is 6. The molecular formula is C19H24O6. The second-order valence-electron chi connectivity index (χ2n) is 5.30. The first-order chi connectivity index (χ1) is 12.0. The summed E-state index contributed by atoms with van der Waals surface area (Å²) in [6.07, 6.45) is 5.31. The Balaban J connectivity index is 3.38. The number of terminal acetylenes is 1. The van der Waals surface area contributed by atoms with Crippen LogP contribution in [0.3, 0.4) is 0 Å². The lowest BCUT2D eigenvalue weighted by Gasteiger charge is -2.27. The van der Waals surface area contributed by atoms with Crippen LogP contribution in [0.15, 0.2) is 18.2 Å². The summed E-state index contributed by atoms with van der Waals surface area (Å²) >= 11 is 0. The van der Waals surface area contributed by atoms with E-state index in [4.69, 9.17) is 25.4 Å². The molecule has 0 fully saturated rings. The first-order valence-electron chi connectivity index (χ1n) is 7.97. The average molecular weight is 348 g/mol. The Labute approximate surface area is 148 Å². The molecule has 0 aliphatic rings. The Morgan fingerprint density at radius 3 is 1.84 bits per heavy atom.